The van der Waals surface area contributed by atoms with Gasteiger partial charge in [-0.1, -0.05) is 19.1 Å². The van der Waals surface area contributed by atoms with Gasteiger partial charge >= 0.3 is 0 Å². The molecule has 0 aliphatic rings. The van der Waals surface area contributed by atoms with Gasteiger partial charge in [-0.25, -0.2) is 8.42 Å². The van der Waals surface area contributed by atoms with Gasteiger partial charge in [0.1, 0.15) is 5.75 Å². The second kappa shape index (κ2) is 9.08. The zero-order chi connectivity index (χ0) is 19.1. The first-order valence-electron chi connectivity index (χ1n) is 8.39. The van der Waals surface area contributed by atoms with Gasteiger partial charge in [0.2, 0.25) is 0 Å². The molecule has 7 heteroatoms. The fourth-order valence-corrected chi connectivity index (χ4v) is 2.49. The van der Waals surface area contributed by atoms with Gasteiger partial charge in [-0.05, 0) is 43.9 Å². The Kier molecular flexibility index (Phi) is 7.73. The molecule has 142 valence electrons. The fraction of sp³-hybridized carbons (Fsp3) is 0.611. The molecule has 1 aromatic carbocycles. The Morgan fingerprint density at radius 2 is 1.84 bits per heavy atom. The van der Waals surface area contributed by atoms with Crippen LogP contribution in [0, 0.1) is 0 Å². The Balaban J connectivity index is 2.47. The molecule has 1 rings (SSSR count). The smallest absolute Gasteiger partial charge is 0.191 e. The minimum absolute atomic E-state index is 0.305. The molecular formula is C18H31N3O3S. The average molecular weight is 370 g/mol. The molecule has 0 bridgehead atoms. The molecule has 1 aromatic rings. The normalized spacial score (nSPS) is 14.1. The summed E-state index contributed by atoms with van der Waals surface area (Å²) in [6, 6.07) is 8.08. The summed E-state index contributed by atoms with van der Waals surface area (Å²) in [5.41, 5.74) is 1.25. The first-order chi connectivity index (χ1) is 11.6. The van der Waals surface area contributed by atoms with Crippen LogP contribution in [-0.2, 0) is 9.84 Å². The van der Waals surface area contributed by atoms with Crippen molar-refractivity contribution in [1.29, 1.82) is 0 Å². The van der Waals surface area contributed by atoms with Crippen LogP contribution in [0.5, 0.6) is 5.75 Å². The first kappa shape index (κ1) is 21.3. The molecule has 6 nitrogen and oxygen atoms in total. The quantitative estimate of drug-likeness (QED) is 0.542. The number of guanidine groups is 1. The summed E-state index contributed by atoms with van der Waals surface area (Å²) >= 11 is 0. The number of aliphatic imine (C=N–C) groups is 1. The minimum Gasteiger partial charge on any atom is -0.497 e. The monoisotopic (exact) mass is 369 g/mol. The third-order valence-corrected chi connectivity index (χ3v) is 6.62. The Labute approximate surface area is 152 Å². The highest BCUT2D eigenvalue weighted by molar-refractivity contribution is 7.92. The van der Waals surface area contributed by atoms with Gasteiger partial charge < -0.3 is 15.4 Å². The van der Waals surface area contributed by atoms with E-state index in [0.29, 0.717) is 18.4 Å². The van der Waals surface area contributed by atoms with E-state index in [0.717, 1.165) is 18.7 Å². The minimum atomic E-state index is -3.14. The van der Waals surface area contributed by atoms with E-state index in [9.17, 15) is 8.42 Å². The topological polar surface area (TPSA) is 79.8 Å². The standard InChI is InChI=1S/C18H31N3O3S/c1-14(15-7-9-16(24-5)10-8-15)11-12-20-17(19-4)21-13-18(2,3)25(6,22)23/h7-10,14H,11-13H2,1-6H3,(H2,19,20,21). The molecular weight excluding hydrogens is 338 g/mol. The van der Waals surface area contributed by atoms with Crippen molar-refractivity contribution in [3.05, 3.63) is 29.8 Å². The second-order valence-corrected chi connectivity index (χ2v) is 9.50. The van der Waals surface area contributed by atoms with Crippen LogP contribution in [0.15, 0.2) is 29.3 Å². The molecule has 0 spiro atoms. The van der Waals surface area contributed by atoms with Crippen LogP contribution in [0.2, 0.25) is 0 Å². The molecule has 0 amide bonds. The zero-order valence-electron chi connectivity index (χ0n) is 16.1. The molecule has 0 aromatic heterocycles. The van der Waals surface area contributed by atoms with Crippen LogP contribution in [-0.4, -0.2) is 52.6 Å². The highest BCUT2D eigenvalue weighted by atomic mass is 32.2. The van der Waals surface area contributed by atoms with Crippen molar-refractivity contribution >= 4 is 15.8 Å². The highest BCUT2D eigenvalue weighted by Crippen LogP contribution is 2.21. The van der Waals surface area contributed by atoms with Crippen LogP contribution in [0.3, 0.4) is 0 Å². The Morgan fingerprint density at radius 3 is 2.32 bits per heavy atom. The van der Waals surface area contributed by atoms with Crippen molar-refractivity contribution in [2.75, 3.05) is 33.5 Å². The maximum Gasteiger partial charge on any atom is 0.191 e. The van der Waals surface area contributed by atoms with E-state index in [4.69, 9.17) is 4.74 Å². The maximum atomic E-state index is 11.8. The molecule has 0 fully saturated rings. The van der Waals surface area contributed by atoms with Crippen molar-refractivity contribution in [2.24, 2.45) is 4.99 Å². The third-order valence-electron chi connectivity index (χ3n) is 4.46. The molecule has 1 atom stereocenters. The van der Waals surface area contributed by atoms with Crippen molar-refractivity contribution < 1.29 is 13.2 Å². The van der Waals surface area contributed by atoms with E-state index < -0.39 is 14.6 Å². The van der Waals surface area contributed by atoms with E-state index in [-0.39, 0.29) is 0 Å². The molecule has 1 unspecified atom stereocenters. The van der Waals surface area contributed by atoms with Crippen molar-refractivity contribution in [1.82, 2.24) is 10.6 Å². The number of methoxy groups -OCH3 is 1. The second-order valence-electron chi connectivity index (χ2n) is 6.85. The third kappa shape index (κ3) is 6.57. The molecule has 25 heavy (non-hydrogen) atoms. The van der Waals surface area contributed by atoms with E-state index in [1.54, 1.807) is 28.0 Å². The van der Waals surface area contributed by atoms with E-state index in [1.807, 2.05) is 12.1 Å². The van der Waals surface area contributed by atoms with Crippen molar-refractivity contribution in [3.63, 3.8) is 0 Å². The Morgan fingerprint density at radius 1 is 1.24 bits per heavy atom. The van der Waals surface area contributed by atoms with Gasteiger partial charge in [0.15, 0.2) is 15.8 Å². The number of sulfone groups is 1. The summed E-state index contributed by atoms with van der Waals surface area (Å²) in [6.07, 6.45) is 2.18. The fourth-order valence-electron chi connectivity index (χ4n) is 2.15. The summed E-state index contributed by atoms with van der Waals surface area (Å²) in [5.74, 6) is 1.86. The lowest BCUT2D eigenvalue weighted by Gasteiger charge is -2.24. The summed E-state index contributed by atoms with van der Waals surface area (Å²) in [4.78, 5) is 4.15. The van der Waals surface area contributed by atoms with Crippen LogP contribution in [0.25, 0.3) is 0 Å². The van der Waals surface area contributed by atoms with Crippen LogP contribution in [0.4, 0.5) is 0 Å². The molecule has 2 N–H and O–H groups in total. The number of ether oxygens (including phenoxy) is 1. The molecule has 0 aliphatic heterocycles. The SMILES string of the molecule is CN=C(NCCC(C)c1ccc(OC)cc1)NCC(C)(C)S(C)(=O)=O. The molecule has 0 saturated heterocycles. The number of benzene rings is 1. The lowest BCUT2D eigenvalue weighted by atomic mass is 9.98. The van der Waals surface area contributed by atoms with Gasteiger partial charge in [0.25, 0.3) is 0 Å². The van der Waals surface area contributed by atoms with Gasteiger partial charge in [0, 0.05) is 26.4 Å². The lowest BCUT2D eigenvalue weighted by Crippen LogP contribution is -2.47. The average Bonchev–Trinajstić information content (AvgIpc) is 2.56. The summed E-state index contributed by atoms with van der Waals surface area (Å²) in [6.45, 7) is 6.63. The summed E-state index contributed by atoms with van der Waals surface area (Å²) < 4.78 is 27.8. The summed E-state index contributed by atoms with van der Waals surface area (Å²) in [5, 5.41) is 6.32. The number of nitrogens with zero attached hydrogens (tertiary/aromatic N) is 1. The lowest BCUT2D eigenvalue weighted by molar-refractivity contribution is 0.414. The van der Waals surface area contributed by atoms with Crippen LogP contribution < -0.4 is 15.4 Å². The molecule has 0 heterocycles. The number of rotatable bonds is 8. The van der Waals surface area contributed by atoms with Crippen LogP contribution in [0.1, 0.15) is 38.7 Å². The molecule has 0 aliphatic carbocycles. The summed E-state index contributed by atoms with van der Waals surface area (Å²) in [7, 11) is 0.198. The van der Waals surface area contributed by atoms with Gasteiger partial charge in [0.05, 0.1) is 11.9 Å². The van der Waals surface area contributed by atoms with E-state index >= 15 is 0 Å². The highest BCUT2D eigenvalue weighted by Gasteiger charge is 2.30. The van der Waals surface area contributed by atoms with E-state index in [2.05, 4.69) is 34.7 Å². The predicted octanol–water partition coefficient (Wildman–Crippen LogP) is 2.18. The van der Waals surface area contributed by atoms with Gasteiger partial charge in [-0.15, -0.1) is 0 Å². The maximum absolute atomic E-state index is 11.8. The first-order valence-corrected chi connectivity index (χ1v) is 10.3. The van der Waals surface area contributed by atoms with Gasteiger partial charge in [-0.3, -0.25) is 4.99 Å². The van der Waals surface area contributed by atoms with Gasteiger partial charge in [-0.2, -0.15) is 0 Å². The number of hydrogen-bond acceptors (Lipinski definition) is 4. The Bertz CT molecular complexity index is 667. The zero-order valence-corrected chi connectivity index (χ0v) is 16.9. The number of nitrogens with one attached hydrogen (secondary N) is 2. The molecule has 0 radical (unpaired) electrons. The van der Waals surface area contributed by atoms with Crippen molar-refractivity contribution in [2.45, 2.75) is 37.9 Å². The Hall–Kier alpha value is -1.76. The van der Waals surface area contributed by atoms with Crippen LogP contribution >= 0.6 is 0 Å². The number of hydrogen-bond donors (Lipinski definition) is 2. The van der Waals surface area contributed by atoms with Crippen molar-refractivity contribution in [3.8, 4) is 5.75 Å². The van der Waals surface area contributed by atoms with E-state index in [1.165, 1.54) is 11.8 Å². The largest absolute Gasteiger partial charge is 0.497 e. The molecule has 0 saturated carbocycles. The predicted molar refractivity (Wildman–Crippen MR) is 104 cm³/mol.